The van der Waals surface area contributed by atoms with Crippen molar-refractivity contribution in [3.8, 4) is 22.4 Å². The Bertz CT molecular complexity index is 1100. The van der Waals surface area contributed by atoms with Crippen LogP contribution in [0.25, 0.3) is 22.4 Å². The summed E-state index contributed by atoms with van der Waals surface area (Å²) in [6.45, 7) is 3.70. The monoisotopic (exact) mass is 395 g/mol. The van der Waals surface area contributed by atoms with Gasteiger partial charge in [0.25, 0.3) is 6.43 Å². The van der Waals surface area contributed by atoms with Crippen LogP contribution >= 0.6 is 0 Å². The van der Waals surface area contributed by atoms with Crippen LogP contribution in [0.5, 0.6) is 0 Å². The normalized spacial score (nSPS) is 12.0. The first-order chi connectivity index (χ1) is 12.6. The predicted octanol–water partition coefficient (Wildman–Crippen LogP) is 5.11. The predicted molar refractivity (Wildman–Crippen MR) is 94.9 cm³/mol. The summed E-state index contributed by atoms with van der Waals surface area (Å²) < 4.78 is 69.2. The minimum Gasteiger partial charge on any atom is -0.354 e. The molecule has 1 heterocycles. The highest BCUT2D eigenvalue weighted by Crippen LogP contribution is 2.40. The lowest BCUT2D eigenvalue weighted by Crippen LogP contribution is -2.01. The Morgan fingerprint density at radius 2 is 1.63 bits per heavy atom. The van der Waals surface area contributed by atoms with Crippen LogP contribution in [0, 0.1) is 19.7 Å². The summed E-state index contributed by atoms with van der Waals surface area (Å²) in [5, 5.41) is 3.77. The van der Waals surface area contributed by atoms with Crippen LogP contribution in [0.1, 0.15) is 23.3 Å². The van der Waals surface area contributed by atoms with Crippen LogP contribution in [0.15, 0.2) is 45.8 Å². The molecule has 0 atom stereocenters. The molecule has 0 N–H and O–H groups in total. The van der Waals surface area contributed by atoms with Crippen LogP contribution < -0.4 is 0 Å². The van der Waals surface area contributed by atoms with E-state index in [1.165, 1.54) is 6.07 Å². The largest absolute Gasteiger partial charge is 0.354 e. The fraction of sp³-hybridized carbons (Fsp3) is 0.211. The number of halogens is 3. The number of alkyl halides is 2. The third kappa shape index (κ3) is 3.75. The van der Waals surface area contributed by atoms with Crippen LogP contribution in [-0.2, 0) is 9.84 Å². The second-order valence-corrected chi connectivity index (χ2v) is 8.35. The standard InChI is InChI=1S/C19H16F3NO3S/c1-10-6-11(2)8-13(7-10)17-16(18(19(21)22)26-23-17)12-4-5-15(14(20)9-12)27(3,24)25/h4-9,19H,1-3H3. The van der Waals surface area contributed by atoms with Gasteiger partial charge in [0.1, 0.15) is 16.4 Å². The van der Waals surface area contributed by atoms with E-state index in [0.29, 0.717) is 5.56 Å². The number of benzene rings is 2. The average molecular weight is 395 g/mol. The highest BCUT2D eigenvalue weighted by Gasteiger charge is 2.27. The summed E-state index contributed by atoms with van der Waals surface area (Å²) in [5.41, 5.74) is 2.49. The highest BCUT2D eigenvalue weighted by atomic mass is 32.2. The molecule has 0 saturated carbocycles. The quantitative estimate of drug-likeness (QED) is 0.616. The van der Waals surface area contributed by atoms with Gasteiger partial charge in [-0.3, -0.25) is 0 Å². The van der Waals surface area contributed by atoms with Crippen molar-refractivity contribution >= 4 is 9.84 Å². The maximum absolute atomic E-state index is 14.3. The molecule has 0 aliphatic carbocycles. The molecular formula is C19H16F3NO3S. The molecule has 8 heteroatoms. The zero-order valence-electron chi connectivity index (χ0n) is 14.8. The number of aryl methyl sites for hydroxylation is 2. The molecule has 142 valence electrons. The van der Waals surface area contributed by atoms with Crippen LogP contribution in [0.2, 0.25) is 0 Å². The number of rotatable bonds is 4. The molecule has 0 aliphatic heterocycles. The molecule has 2 aromatic carbocycles. The van der Waals surface area contributed by atoms with Crippen LogP contribution in [0.4, 0.5) is 13.2 Å². The van der Waals surface area contributed by atoms with Gasteiger partial charge in [0.15, 0.2) is 9.84 Å². The molecule has 3 aromatic rings. The van der Waals surface area contributed by atoms with Gasteiger partial charge >= 0.3 is 0 Å². The molecule has 0 radical (unpaired) electrons. The van der Waals surface area contributed by atoms with Gasteiger partial charge in [-0.25, -0.2) is 21.6 Å². The van der Waals surface area contributed by atoms with Gasteiger partial charge in [-0.15, -0.1) is 0 Å². The smallest absolute Gasteiger partial charge is 0.298 e. The lowest BCUT2D eigenvalue weighted by atomic mass is 9.97. The van der Waals surface area contributed by atoms with Gasteiger partial charge in [-0.1, -0.05) is 28.4 Å². The number of nitrogens with zero attached hydrogens (tertiary/aromatic N) is 1. The van der Waals surface area contributed by atoms with E-state index < -0.39 is 32.7 Å². The maximum atomic E-state index is 14.3. The Labute approximate surface area is 154 Å². The third-order valence-electron chi connectivity index (χ3n) is 4.03. The molecular weight excluding hydrogens is 379 g/mol. The summed E-state index contributed by atoms with van der Waals surface area (Å²) in [7, 11) is -3.78. The van der Waals surface area contributed by atoms with Gasteiger partial charge in [0.2, 0.25) is 5.76 Å². The topological polar surface area (TPSA) is 60.2 Å². The van der Waals surface area contributed by atoms with Gasteiger partial charge in [0, 0.05) is 11.8 Å². The minimum atomic E-state index is -3.78. The highest BCUT2D eigenvalue weighted by molar-refractivity contribution is 7.90. The average Bonchev–Trinajstić information content (AvgIpc) is 2.97. The van der Waals surface area contributed by atoms with Crippen molar-refractivity contribution in [2.75, 3.05) is 6.26 Å². The molecule has 0 amide bonds. The fourth-order valence-electron chi connectivity index (χ4n) is 3.00. The number of aromatic nitrogens is 1. The Hall–Kier alpha value is -2.61. The lowest BCUT2D eigenvalue weighted by molar-refractivity contribution is 0.113. The Morgan fingerprint density at radius 3 is 2.15 bits per heavy atom. The van der Waals surface area contributed by atoms with Crippen molar-refractivity contribution in [1.29, 1.82) is 0 Å². The molecule has 0 bridgehead atoms. The first kappa shape index (κ1) is 19.2. The zero-order valence-corrected chi connectivity index (χ0v) is 15.6. The van der Waals surface area contributed by atoms with E-state index >= 15 is 0 Å². The molecule has 0 unspecified atom stereocenters. The second-order valence-electron chi connectivity index (χ2n) is 6.36. The van der Waals surface area contributed by atoms with Crippen molar-refractivity contribution in [3.05, 3.63) is 59.1 Å². The SMILES string of the molecule is Cc1cc(C)cc(-c2noc(C(F)F)c2-c2ccc(S(C)(=O)=O)c(F)c2)c1. The van der Waals surface area contributed by atoms with Gasteiger partial charge in [-0.05, 0) is 43.7 Å². The van der Waals surface area contributed by atoms with E-state index in [1.807, 2.05) is 19.9 Å². The van der Waals surface area contributed by atoms with Crippen molar-refractivity contribution in [2.45, 2.75) is 25.2 Å². The van der Waals surface area contributed by atoms with E-state index in [-0.39, 0.29) is 16.8 Å². The first-order valence-corrected chi connectivity index (χ1v) is 9.83. The van der Waals surface area contributed by atoms with Crippen molar-refractivity contribution in [1.82, 2.24) is 5.16 Å². The summed E-state index contributed by atoms with van der Waals surface area (Å²) >= 11 is 0. The molecule has 0 fully saturated rings. The molecule has 27 heavy (non-hydrogen) atoms. The van der Waals surface area contributed by atoms with Gasteiger partial charge in [-0.2, -0.15) is 0 Å². The number of hydrogen-bond donors (Lipinski definition) is 0. The minimum absolute atomic E-state index is 0.0607. The van der Waals surface area contributed by atoms with Crippen molar-refractivity contribution in [3.63, 3.8) is 0 Å². The summed E-state index contributed by atoms with van der Waals surface area (Å²) in [6.07, 6.45) is -2.10. The van der Waals surface area contributed by atoms with E-state index in [1.54, 1.807) is 12.1 Å². The van der Waals surface area contributed by atoms with Crippen LogP contribution in [-0.4, -0.2) is 19.8 Å². The molecule has 0 saturated heterocycles. The van der Waals surface area contributed by atoms with Gasteiger partial charge < -0.3 is 4.52 Å². The third-order valence-corrected chi connectivity index (χ3v) is 5.16. The van der Waals surface area contributed by atoms with E-state index in [0.717, 1.165) is 29.5 Å². The Balaban J connectivity index is 2.26. The van der Waals surface area contributed by atoms with Crippen molar-refractivity contribution < 1.29 is 26.1 Å². The zero-order chi connectivity index (χ0) is 19.9. The fourth-order valence-corrected chi connectivity index (χ4v) is 3.72. The number of hydrogen-bond acceptors (Lipinski definition) is 4. The van der Waals surface area contributed by atoms with E-state index in [4.69, 9.17) is 4.52 Å². The van der Waals surface area contributed by atoms with Crippen molar-refractivity contribution in [2.24, 2.45) is 0 Å². The summed E-state index contributed by atoms with van der Waals surface area (Å²) in [6, 6.07) is 8.64. The molecule has 0 spiro atoms. The Kier molecular flexibility index (Phi) is 4.86. The van der Waals surface area contributed by atoms with Gasteiger partial charge in [0.05, 0.1) is 5.56 Å². The second kappa shape index (κ2) is 6.84. The summed E-state index contributed by atoms with van der Waals surface area (Å²) in [4.78, 5) is -0.505. The molecule has 4 nitrogen and oxygen atoms in total. The first-order valence-electron chi connectivity index (χ1n) is 7.94. The molecule has 0 aliphatic rings. The molecule has 3 rings (SSSR count). The van der Waals surface area contributed by atoms with E-state index in [2.05, 4.69) is 5.16 Å². The maximum Gasteiger partial charge on any atom is 0.298 e. The lowest BCUT2D eigenvalue weighted by Gasteiger charge is -2.08. The summed E-state index contributed by atoms with van der Waals surface area (Å²) in [5.74, 6) is -1.72. The molecule has 1 aromatic heterocycles. The van der Waals surface area contributed by atoms with Crippen LogP contribution in [0.3, 0.4) is 0 Å². The van der Waals surface area contributed by atoms with E-state index in [9.17, 15) is 21.6 Å². The number of sulfone groups is 1. The Morgan fingerprint density at radius 1 is 1.00 bits per heavy atom.